The van der Waals surface area contributed by atoms with E-state index in [1.165, 1.54) is 0 Å². The highest BCUT2D eigenvalue weighted by Gasteiger charge is 2.24. The van der Waals surface area contributed by atoms with Crippen molar-refractivity contribution in [1.29, 1.82) is 0 Å². The molecule has 28 heavy (non-hydrogen) atoms. The van der Waals surface area contributed by atoms with Gasteiger partial charge in [0.2, 0.25) is 5.91 Å². The van der Waals surface area contributed by atoms with Crippen molar-refractivity contribution in [2.75, 3.05) is 26.2 Å². The summed E-state index contributed by atoms with van der Waals surface area (Å²) in [5.74, 6) is -0.565. The second-order valence-electron chi connectivity index (χ2n) is 6.81. The molecule has 5 nitrogen and oxygen atoms in total. The molecule has 0 spiro atoms. The first-order chi connectivity index (χ1) is 13.5. The van der Waals surface area contributed by atoms with Crippen LogP contribution in [0.1, 0.15) is 34.8 Å². The van der Waals surface area contributed by atoms with Crippen molar-refractivity contribution in [1.82, 2.24) is 15.5 Å². The van der Waals surface area contributed by atoms with Crippen LogP contribution in [-0.4, -0.2) is 42.9 Å². The van der Waals surface area contributed by atoms with Crippen molar-refractivity contribution < 1.29 is 9.59 Å². The summed E-state index contributed by atoms with van der Waals surface area (Å²) in [5.41, 5.74) is 1.51. The SMILES string of the molecule is O=C(CNC(=O)c1cccc(Cl)c1)NCC(c1cccc(Cl)c1)N1CCCC1. The topological polar surface area (TPSA) is 61.4 Å². The van der Waals surface area contributed by atoms with Crippen LogP contribution in [0.5, 0.6) is 0 Å². The number of nitrogens with one attached hydrogen (secondary N) is 2. The van der Waals surface area contributed by atoms with Crippen LogP contribution >= 0.6 is 23.2 Å². The molecule has 0 saturated carbocycles. The predicted octanol–water partition coefficient (Wildman–Crippen LogP) is 3.68. The standard InChI is InChI=1S/C21H23Cl2N3O2/c22-17-7-3-5-15(11-17)19(26-9-1-2-10-26)13-24-20(27)14-25-21(28)16-6-4-8-18(23)12-16/h3-8,11-12,19H,1-2,9-10,13-14H2,(H,24,27)(H,25,28). The number of hydrogen-bond acceptors (Lipinski definition) is 3. The van der Waals surface area contributed by atoms with Crippen LogP contribution in [0.15, 0.2) is 48.5 Å². The van der Waals surface area contributed by atoms with Crippen LogP contribution in [0.25, 0.3) is 0 Å². The first kappa shape index (κ1) is 20.6. The first-order valence-electron chi connectivity index (χ1n) is 9.33. The highest BCUT2D eigenvalue weighted by Crippen LogP contribution is 2.26. The number of amides is 2. The Balaban J connectivity index is 1.55. The minimum atomic E-state index is -0.330. The van der Waals surface area contributed by atoms with Crippen LogP contribution in [0, 0.1) is 0 Å². The Morgan fingerprint density at radius 2 is 1.64 bits per heavy atom. The van der Waals surface area contributed by atoms with E-state index in [1.54, 1.807) is 24.3 Å². The van der Waals surface area contributed by atoms with Gasteiger partial charge < -0.3 is 10.6 Å². The van der Waals surface area contributed by atoms with E-state index in [-0.39, 0.29) is 24.4 Å². The van der Waals surface area contributed by atoms with E-state index in [0.29, 0.717) is 22.2 Å². The zero-order chi connectivity index (χ0) is 19.9. The monoisotopic (exact) mass is 419 g/mol. The summed E-state index contributed by atoms with van der Waals surface area (Å²) in [6.45, 7) is 2.37. The van der Waals surface area contributed by atoms with Gasteiger partial charge in [-0.2, -0.15) is 0 Å². The maximum absolute atomic E-state index is 12.3. The molecule has 1 saturated heterocycles. The van der Waals surface area contributed by atoms with Gasteiger partial charge in [-0.05, 0) is 61.8 Å². The van der Waals surface area contributed by atoms with Gasteiger partial charge in [-0.3, -0.25) is 14.5 Å². The van der Waals surface area contributed by atoms with Crippen molar-refractivity contribution >= 4 is 35.0 Å². The minimum absolute atomic E-state index is 0.0637. The molecule has 1 heterocycles. The number of nitrogens with zero attached hydrogens (tertiary/aromatic N) is 1. The average molecular weight is 420 g/mol. The van der Waals surface area contributed by atoms with E-state index in [0.717, 1.165) is 31.5 Å². The summed E-state index contributed by atoms with van der Waals surface area (Å²) in [7, 11) is 0. The first-order valence-corrected chi connectivity index (χ1v) is 10.1. The lowest BCUT2D eigenvalue weighted by Gasteiger charge is -2.28. The molecule has 1 unspecified atom stereocenters. The normalized spacial score (nSPS) is 15.2. The summed E-state index contributed by atoms with van der Waals surface area (Å²) in [4.78, 5) is 26.8. The third kappa shape index (κ3) is 5.71. The molecular formula is C21H23Cl2N3O2. The molecule has 0 bridgehead atoms. The molecule has 0 radical (unpaired) electrons. The zero-order valence-electron chi connectivity index (χ0n) is 15.5. The fourth-order valence-corrected chi connectivity index (χ4v) is 3.78. The summed E-state index contributed by atoms with van der Waals surface area (Å²) in [6, 6.07) is 14.4. The largest absolute Gasteiger partial charge is 0.353 e. The summed E-state index contributed by atoms with van der Waals surface area (Å²) in [5, 5.41) is 6.72. The minimum Gasteiger partial charge on any atom is -0.353 e. The Hall–Kier alpha value is -2.08. The Labute approximate surface area is 175 Å². The quantitative estimate of drug-likeness (QED) is 0.719. The fourth-order valence-electron chi connectivity index (χ4n) is 3.39. The molecule has 1 aliphatic heterocycles. The number of rotatable bonds is 7. The van der Waals surface area contributed by atoms with E-state index < -0.39 is 0 Å². The fraction of sp³-hybridized carbons (Fsp3) is 0.333. The maximum Gasteiger partial charge on any atom is 0.251 e. The molecule has 2 aromatic rings. The number of carbonyl (C=O) groups is 2. The van der Waals surface area contributed by atoms with Crippen LogP contribution in [0.4, 0.5) is 0 Å². The molecule has 3 rings (SSSR count). The summed E-state index contributed by atoms with van der Waals surface area (Å²) < 4.78 is 0. The van der Waals surface area contributed by atoms with Crippen molar-refractivity contribution in [3.63, 3.8) is 0 Å². The van der Waals surface area contributed by atoms with Gasteiger partial charge in [-0.25, -0.2) is 0 Å². The second-order valence-corrected chi connectivity index (χ2v) is 7.68. The Kier molecular flexibility index (Phi) is 7.31. The average Bonchev–Trinajstić information content (AvgIpc) is 3.21. The van der Waals surface area contributed by atoms with E-state index in [2.05, 4.69) is 15.5 Å². The van der Waals surface area contributed by atoms with Crippen LogP contribution < -0.4 is 10.6 Å². The van der Waals surface area contributed by atoms with E-state index in [9.17, 15) is 9.59 Å². The Morgan fingerprint density at radius 1 is 0.964 bits per heavy atom. The van der Waals surface area contributed by atoms with Gasteiger partial charge in [0, 0.05) is 22.2 Å². The lowest BCUT2D eigenvalue weighted by Crippen LogP contribution is -2.41. The predicted molar refractivity (Wildman–Crippen MR) is 112 cm³/mol. The molecule has 1 aliphatic rings. The number of halogens is 2. The van der Waals surface area contributed by atoms with Crippen molar-refractivity contribution in [2.24, 2.45) is 0 Å². The summed E-state index contributed by atoms with van der Waals surface area (Å²) in [6.07, 6.45) is 2.31. The van der Waals surface area contributed by atoms with E-state index >= 15 is 0 Å². The van der Waals surface area contributed by atoms with Crippen molar-refractivity contribution in [2.45, 2.75) is 18.9 Å². The van der Waals surface area contributed by atoms with Crippen LogP contribution in [0.3, 0.4) is 0 Å². The molecule has 1 fully saturated rings. The molecular weight excluding hydrogens is 397 g/mol. The molecule has 0 aliphatic carbocycles. The molecule has 1 atom stereocenters. The van der Waals surface area contributed by atoms with Crippen molar-refractivity contribution in [3.8, 4) is 0 Å². The van der Waals surface area contributed by atoms with Gasteiger partial charge in [0.15, 0.2) is 0 Å². The number of hydrogen-bond donors (Lipinski definition) is 2. The zero-order valence-corrected chi connectivity index (χ0v) is 17.0. The molecule has 2 amide bonds. The molecule has 148 valence electrons. The van der Waals surface area contributed by atoms with Gasteiger partial charge in [0.25, 0.3) is 5.91 Å². The number of likely N-dealkylation sites (tertiary alicyclic amines) is 1. The Morgan fingerprint density at radius 3 is 2.32 bits per heavy atom. The van der Waals surface area contributed by atoms with Gasteiger partial charge in [0.1, 0.15) is 0 Å². The lowest BCUT2D eigenvalue weighted by molar-refractivity contribution is -0.120. The van der Waals surface area contributed by atoms with Crippen LogP contribution in [0.2, 0.25) is 10.0 Å². The van der Waals surface area contributed by atoms with E-state index in [4.69, 9.17) is 23.2 Å². The van der Waals surface area contributed by atoms with Gasteiger partial charge in [-0.1, -0.05) is 41.4 Å². The highest BCUT2D eigenvalue weighted by molar-refractivity contribution is 6.31. The Bertz CT molecular complexity index is 838. The smallest absolute Gasteiger partial charge is 0.251 e. The lowest BCUT2D eigenvalue weighted by atomic mass is 10.1. The van der Waals surface area contributed by atoms with Gasteiger partial charge >= 0.3 is 0 Å². The van der Waals surface area contributed by atoms with Crippen LogP contribution in [-0.2, 0) is 4.79 Å². The van der Waals surface area contributed by atoms with Crippen molar-refractivity contribution in [3.05, 3.63) is 69.7 Å². The number of carbonyl (C=O) groups excluding carboxylic acids is 2. The molecule has 7 heteroatoms. The third-order valence-corrected chi connectivity index (χ3v) is 5.27. The highest BCUT2D eigenvalue weighted by atomic mass is 35.5. The van der Waals surface area contributed by atoms with E-state index in [1.807, 2.05) is 24.3 Å². The molecule has 2 N–H and O–H groups in total. The number of benzene rings is 2. The second kappa shape index (κ2) is 9.92. The molecule has 0 aromatic heterocycles. The van der Waals surface area contributed by atoms with Gasteiger partial charge in [-0.15, -0.1) is 0 Å². The van der Waals surface area contributed by atoms with Gasteiger partial charge in [0.05, 0.1) is 12.6 Å². The third-order valence-electron chi connectivity index (χ3n) is 4.80. The molecule has 2 aromatic carbocycles. The maximum atomic E-state index is 12.3. The summed E-state index contributed by atoms with van der Waals surface area (Å²) >= 11 is 12.0.